The highest BCUT2D eigenvalue weighted by molar-refractivity contribution is 9.10. The van der Waals surface area contributed by atoms with Crippen LogP contribution >= 0.6 is 28.6 Å². The minimum Gasteiger partial charge on any atom is -0.192 e. The number of thiol groups is 1. The van der Waals surface area contributed by atoms with Crippen LogP contribution in [-0.2, 0) is 0 Å². The maximum absolute atomic E-state index is 8.50. The summed E-state index contributed by atoms with van der Waals surface area (Å²) in [6.07, 6.45) is 0. The SMILES string of the molecule is N#Cc1ccc(Br)cc1S. The Balaban J connectivity index is 3.23. The lowest BCUT2D eigenvalue weighted by molar-refractivity contribution is 1.36. The van der Waals surface area contributed by atoms with Gasteiger partial charge in [-0.1, -0.05) is 15.9 Å². The molecule has 1 aromatic carbocycles. The highest BCUT2D eigenvalue weighted by Gasteiger charge is 1.95. The van der Waals surface area contributed by atoms with Crippen molar-refractivity contribution in [3.05, 3.63) is 28.2 Å². The molecule has 0 aromatic heterocycles. The van der Waals surface area contributed by atoms with E-state index in [-0.39, 0.29) is 0 Å². The summed E-state index contributed by atoms with van der Waals surface area (Å²) in [5.74, 6) is 0. The molecule has 0 heterocycles. The van der Waals surface area contributed by atoms with Crippen LogP contribution in [0.1, 0.15) is 5.56 Å². The normalized spacial score (nSPS) is 8.90. The van der Waals surface area contributed by atoms with E-state index in [1.165, 1.54) is 0 Å². The Bertz CT molecular complexity index is 290. The molecular weight excluding hydrogens is 210 g/mol. The Morgan fingerprint density at radius 3 is 2.70 bits per heavy atom. The van der Waals surface area contributed by atoms with E-state index in [1.807, 2.05) is 12.1 Å². The first kappa shape index (κ1) is 7.64. The molecule has 0 aliphatic carbocycles. The van der Waals surface area contributed by atoms with Gasteiger partial charge in [-0.3, -0.25) is 0 Å². The molecule has 50 valence electrons. The largest absolute Gasteiger partial charge is 0.192 e. The summed E-state index contributed by atoms with van der Waals surface area (Å²) in [6, 6.07) is 7.36. The van der Waals surface area contributed by atoms with E-state index in [4.69, 9.17) is 5.26 Å². The van der Waals surface area contributed by atoms with E-state index in [2.05, 4.69) is 28.6 Å². The molecule has 0 spiro atoms. The van der Waals surface area contributed by atoms with Gasteiger partial charge in [-0.15, -0.1) is 12.6 Å². The smallest absolute Gasteiger partial charge is 0.100 e. The minimum atomic E-state index is 0.603. The van der Waals surface area contributed by atoms with Gasteiger partial charge in [0.2, 0.25) is 0 Å². The fraction of sp³-hybridized carbons (Fsp3) is 0. The van der Waals surface area contributed by atoms with Crippen LogP contribution in [0.2, 0.25) is 0 Å². The van der Waals surface area contributed by atoms with Crippen LogP contribution in [0.15, 0.2) is 27.6 Å². The molecule has 0 amide bonds. The molecule has 0 radical (unpaired) electrons. The van der Waals surface area contributed by atoms with Crippen LogP contribution in [0.4, 0.5) is 0 Å². The summed E-state index contributed by atoms with van der Waals surface area (Å²) in [6.45, 7) is 0. The number of nitriles is 1. The fourth-order valence-corrected chi connectivity index (χ4v) is 1.40. The van der Waals surface area contributed by atoms with E-state index >= 15 is 0 Å². The van der Waals surface area contributed by atoms with Crippen LogP contribution in [0, 0.1) is 11.3 Å². The molecule has 0 aliphatic heterocycles. The molecule has 0 aliphatic rings. The van der Waals surface area contributed by atoms with Gasteiger partial charge in [-0.2, -0.15) is 5.26 Å². The van der Waals surface area contributed by atoms with E-state index in [0.717, 1.165) is 4.47 Å². The maximum Gasteiger partial charge on any atom is 0.100 e. The van der Waals surface area contributed by atoms with Gasteiger partial charge in [-0.25, -0.2) is 0 Å². The van der Waals surface area contributed by atoms with Crippen molar-refractivity contribution in [2.75, 3.05) is 0 Å². The number of hydrogen-bond acceptors (Lipinski definition) is 2. The summed E-state index contributed by atoms with van der Waals surface area (Å²) in [4.78, 5) is 0.705. The first-order valence-electron chi connectivity index (χ1n) is 2.62. The highest BCUT2D eigenvalue weighted by Crippen LogP contribution is 2.18. The second-order valence-electron chi connectivity index (χ2n) is 1.77. The zero-order chi connectivity index (χ0) is 7.56. The van der Waals surface area contributed by atoms with E-state index in [9.17, 15) is 0 Å². The average Bonchev–Trinajstić information content (AvgIpc) is 1.88. The van der Waals surface area contributed by atoms with Crippen molar-refractivity contribution in [3.8, 4) is 6.07 Å². The van der Waals surface area contributed by atoms with E-state index in [1.54, 1.807) is 12.1 Å². The lowest BCUT2D eigenvalue weighted by Crippen LogP contribution is -1.75. The first-order chi connectivity index (χ1) is 4.74. The van der Waals surface area contributed by atoms with Gasteiger partial charge in [0, 0.05) is 9.37 Å². The third-order valence-corrected chi connectivity index (χ3v) is 1.94. The minimum absolute atomic E-state index is 0.603. The van der Waals surface area contributed by atoms with Crippen molar-refractivity contribution in [2.24, 2.45) is 0 Å². The van der Waals surface area contributed by atoms with Crippen LogP contribution in [0.5, 0.6) is 0 Å². The predicted octanol–water partition coefficient (Wildman–Crippen LogP) is 2.61. The van der Waals surface area contributed by atoms with Crippen molar-refractivity contribution in [1.82, 2.24) is 0 Å². The topological polar surface area (TPSA) is 23.8 Å². The average molecular weight is 214 g/mol. The van der Waals surface area contributed by atoms with E-state index < -0.39 is 0 Å². The highest BCUT2D eigenvalue weighted by atomic mass is 79.9. The molecule has 1 nitrogen and oxygen atoms in total. The van der Waals surface area contributed by atoms with E-state index in [0.29, 0.717) is 10.5 Å². The summed E-state index contributed by atoms with van der Waals surface area (Å²) >= 11 is 7.36. The second-order valence-corrected chi connectivity index (χ2v) is 3.17. The summed E-state index contributed by atoms with van der Waals surface area (Å²) in [5, 5.41) is 8.50. The standard InChI is InChI=1S/C7H4BrNS/c8-6-2-1-5(4-9)7(10)3-6/h1-3,10H. The molecule has 0 unspecified atom stereocenters. The number of hydrogen-bond donors (Lipinski definition) is 1. The Morgan fingerprint density at radius 1 is 1.50 bits per heavy atom. The van der Waals surface area contributed by atoms with Crippen LogP contribution in [0.3, 0.4) is 0 Å². The van der Waals surface area contributed by atoms with Crippen molar-refractivity contribution in [2.45, 2.75) is 4.90 Å². The molecular formula is C7H4BrNS. The Hall–Kier alpha value is -0.460. The lowest BCUT2D eigenvalue weighted by atomic mass is 10.2. The van der Waals surface area contributed by atoms with Crippen LogP contribution < -0.4 is 0 Å². The molecule has 1 rings (SSSR count). The second kappa shape index (κ2) is 3.09. The van der Waals surface area contributed by atoms with Gasteiger partial charge >= 0.3 is 0 Å². The van der Waals surface area contributed by atoms with Gasteiger partial charge in [0.25, 0.3) is 0 Å². The number of nitrogens with zero attached hydrogens (tertiary/aromatic N) is 1. The van der Waals surface area contributed by atoms with Crippen molar-refractivity contribution in [1.29, 1.82) is 5.26 Å². The molecule has 0 fully saturated rings. The predicted molar refractivity (Wildman–Crippen MR) is 46.1 cm³/mol. The van der Waals surface area contributed by atoms with Gasteiger partial charge in [0.15, 0.2) is 0 Å². The number of rotatable bonds is 0. The Morgan fingerprint density at radius 2 is 2.20 bits per heavy atom. The summed E-state index contributed by atoms with van der Waals surface area (Å²) in [7, 11) is 0. The van der Waals surface area contributed by atoms with Crippen LogP contribution in [0.25, 0.3) is 0 Å². The molecule has 1 aromatic rings. The summed E-state index contributed by atoms with van der Waals surface area (Å²) in [5.41, 5.74) is 0.603. The molecule has 0 atom stereocenters. The first-order valence-corrected chi connectivity index (χ1v) is 3.86. The van der Waals surface area contributed by atoms with Crippen molar-refractivity contribution >= 4 is 28.6 Å². The molecule has 10 heavy (non-hydrogen) atoms. The fourth-order valence-electron chi connectivity index (χ4n) is 0.599. The van der Waals surface area contributed by atoms with Gasteiger partial charge in [0.05, 0.1) is 5.56 Å². The van der Waals surface area contributed by atoms with Crippen LogP contribution in [-0.4, -0.2) is 0 Å². The Labute approximate surface area is 73.2 Å². The third-order valence-electron chi connectivity index (χ3n) is 1.08. The van der Waals surface area contributed by atoms with Crippen molar-refractivity contribution < 1.29 is 0 Å². The molecule has 3 heteroatoms. The number of halogens is 1. The monoisotopic (exact) mass is 213 g/mol. The summed E-state index contributed by atoms with van der Waals surface area (Å²) < 4.78 is 0.941. The zero-order valence-corrected chi connectivity index (χ0v) is 7.48. The Kier molecular flexibility index (Phi) is 2.36. The zero-order valence-electron chi connectivity index (χ0n) is 5.00. The third kappa shape index (κ3) is 1.53. The molecule has 0 saturated carbocycles. The van der Waals surface area contributed by atoms with Crippen molar-refractivity contribution in [3.63, 3.8) is 0 Å². The number of benzene rings is 1. The quantitative estimate of drug-likeness (QED) is 0.659. The van der Waals surface area contributed by atoms with Gasteiger partial charge in [0.1, 0.15) is 6.07 Å². The maximum atomic E-state index is 8.50. The molecule has 0 bridgehead atoms. The molecule has 0 N–H and O–H groups in total. The van der Waals surface area contributed by atoms with Gasteiger partial charge < -0.3 is 0 Å². The lowest BCUT2D eigenvalue weighted by Gasteiger charge is -1.94. The molecule has 0 saturated heterocycles. The van der Waals surface area contributed by atoms with Gasteiger partial charge in [-0.05, 0) is 18.2 Å².